The molecule has 1 radical (unpaired) electrons. The Bertz CT molecular complexity index is 359. The average molecular weight is 201 g/mol. The molecular weight excluding hydrogens is 188 g/mol. The van der Waals surface area contributed by atoms with E-state index in [1.165, 1.54) is 10.6 Å². The van der Waals surface area contributed by atoms with Crippen LogP contribution in [0.15, 0.2) is 35.4 Å². The second-order valence-corrected chi connectivity index (χ2v) is 3.51. The lowest BCUT2D eigenvalue weighted by molar-refractivity contribution is -0.131. The van der Waals surface area contributed by atoms with Gasteiger partial charge in [-0.1, -0.05) is 30.3 Å². The van der Waals surface area contributed by atoms with Crippen molar-refractivity contribution in [2.75, 3.05) is 6.54 Å². The predicted octanol–water partition coefficient (Wildman–Crippen LogP) is 1.71. The standard InChI is InChI=1S/C12H13N2O/c15-12-7-4-9-13-14(12)10-8-11-5-2-1-3-6-11/h1-3,5-6H,4,7-8,10H2. The van der Waals surface area contributed by atoms with E-state index in [4.69, 9.17) is 0 Å². The molecule has 0 fully saturated rings. The maximum atomic E-state index is 11.4. The van der Waals surface area contributed by atoms with Gasteiger partial charge in [-0.2, -0.15) is 5.10 Å². The third-order valence-electron chi connectivity index (χ3n) is 2.39. The van der Waals surface area contributed by atoms with Crippen molar-refractivity contribution in [3.05, 3.63) is 35.9 Å². The summed E-state index contributed by atoms with van der Waals surface area (Å²) >= 11 is 0. The van der Waals surface area contributed by atoms with Gasteiger partial charge in [-0.05, 0) is 12.0 Å². The molecule has 3 nitrogen and oxygen atoms in total. The van der Waals surface area contributed by atoms with Gasteiger partial charge in [-0.3, -0.25) is 4.79 Å². The van der Waals surface area contributed by atoms with Gasteiger partial charge >= 0.3 is 0 Å². The van der Waals surface area contributed by atoms with E-state index in [1.54, 1.807) is 0 Å². The molecule has 0 aliphatic carbocycles. The van der Waals surface area contributed by atoms with Crippen molar-refractivity contribution < 1.29 is 4.79 Å². The molecule has 0 saturated carbocycles. The molecule has 1 aromatic rings. The lowest BCUT2D eigenvalue weighted by atomic mass is 10.1. The number of amides is 1. The van der Waals surface area contributed by atoms with Crippen LogP contribution in [0.5, 0.6) is 0 Å². The summed E-state index contributed by atoms with van der Waals surface area (Å²) in [6.07, 6.45) is 4.87. The number of nitrogens with zero attached hydrogens (tertiary/aromatic N) is 2. The molecule has 0 saturated heterocycles. The lowest BCUT2D eigenvalue weighted by Crippen LogP contribution is -2.30. The quantitative estimate of drug-likeness (QED) is 0.732. The number of carbonyl (C=O) groups excluding carboxylic acids is 1. The zero-order chi connectivity index (χ0) is 10.5. The highest BCUT2D eigenvalue weighted by Crippen LogP contribution is 2.07. The van der Waals surface area contributed by atoms with E-state index in [2.05, 4.69) is 23.4 Å². The molecule has 2 rings (SSSR count). The van der Waals surface area contributed by atoms with Crippen molar-refractivity contribution in [3.8, 4) is 0 Å². The third kappa shape index (κ3) is 2.65. The van der Waals surface area contributed by atoms with Gasteiger partial charge < -0.3 is 0 Å². The molecule has 0 aromatic heterocycles. The summed E-state index contributed by atoms with van der Waals surface area (Å²) in [7, 11) is 0. The largest absolute Gasteiger partial charge is 0.273 e. The van der Waals surface area contributed by atoms with E-state index in [0.29, 0.717) is 19.4 Å². The van der Waals surface area contributed by atoms with Crippen LogP contribution in [0.1, 0.15) is 18.4 Å². The Hall–Kier alpha value is -1.64. The van der Waals surface area contributed by atoms with Gasteiger partial charge in [0.1, 0.15) is 0 Å². The molecule has 1 aliphatic heterocycles. The van der Waals surface area contributed by atoms with E-state index >= 15 is 0 Å². The summed E-state index contributed by atoms with van der Waals surface area (Å²) in [5, 5.41) is 5.47. The Balaban J connectivity index is 1.90. The monoisotopic (exact) mass is 201 g/mol. The molecule has 1 aliphatic rings. The van der Waals surface area contributed by atoms with Crippen molar-refractivity contribution in [1.29, 1.82) is 0 Å². The number of hydrazone groups is 1. The Labute approximate surface area is 89.4 Å². The van der Waals surface area contributed by atoms with Gasteiger partial charge in [-0.25, -0.2) is 5.01 Å². The zero-order valence-corrected chi connectivity index (χ0v) is 8.52. The minimum absolute atomic E-state index is 0.102. The fourth-order valence-corrected chi connectivity index (χ4v) is 1.54. The molecule has 3 heteroatoms. The number of rotatable bonds is 3. The minimum atomic E-state index is 0.102. The van der Waals surface area contributed by atoms with Gasteiger partial charge in [0.05, 0.1) is 6.21 Å². The molecule has 1 amide bonds. The van der Waals surface area contributed by atoms with Crippen molar-refractivity contribution in [2.45, 2.75) is 19.3 Å². The molecule has 77 valence electrons. The highest BCUT2D eigenvalue weighted by molar-refractivity contribution is 5.82. The first-order valence-electron chi connectivity index (χ1n) is 5.14. The highest BCUT2D eigenvalue weighted by atomic mass is 16.2. The molecule has 0 N–H and O–H groups in total. The first-order valence-corrected chi connectivity index (χ1v) is 5.14. The number of hydrogen-bond donors (Lipinski definition) is 0. The first kappa shape index (κ1) is 9.90. The van der Waals surface area contributed by atoms with Crippen LogP contribution in [-0.4, -0.2) is 23.7 Å². The smallest absolute Gasteiger partial charge is 0.243 e. The summed E-state index contributed by atoms with van der Waals surface area (Å²) in [6.45, 7) is 0.649. The van der Waals surface area contributed by atoms with E-state index < -0.39 is 0 Å². The zero-order valence-electron chi connectivity index (χ0n) is 8.52. The maximum absolute atomic E-state index is 11.4. The minimum Gasteiger partial charge on any atom is -0.273 e. The second-order valence-electron chi connectivity index (χ2n) is 3.51. The Kier molecular flexibility index (Phi) is 3.12. The van der Waals surface area contributed by atoms with Crippen LogP contribution in [0.2, 0.25) is 0 Å². The number of hydrogen-bond acceptors (Lipinski definition) is 2. The number of benzene rings is 1. The molecule has 1 aromatic carbocycles. The topological polar surface area (TPSA) is 32.7 Å². The Morgan fingerprint density at radius 3 is 2.87 bits per heavy atom. The summed E-state index contributed by atoms with van der Waals surface area (Å²) in [6, 6.07) is 10.1. The van der Waals surface area contributed by atoms with Crippen LogP contribution in [0.25, 0.3) is 0 Å². The van der Waals surface area contributed by atoms with Gasteiger partial charge in [0.2, 0.25) is 5.91 Å². The van der Waals surface area contributed by atoms with E-state index in [1.807, 2.05) is 18.2 Å². The van der Waals surface area contributed by atoms with Crippen molar-refractivity contribution in [3.63, 3.8) is 0 Å². The molecule has 0 unspecified atom stereocenters. The summed E-state index contributed by atoms with van der Waals surface area (Å²) < 4.78 is 0. The molecule has 1 heterocycles. The molecule has 0 bridgehead atoms. The van der Waals surface area contributed by atoms with Crippen LogP contribution in [-0.2, 0) is 11.2 Å². The fraction of sp³-hybridized carbons (Fsp3) is 0.333. The van der Waals surface area contributed by atoms with E-state index in [-0.39, 0.29) is 5.91 Å². The van der Waals surface area contributed by atoms with Crippen molar-refractivity contribution in [2.24, 2.45) is 5.10 Å². The average Bonchev–Trinajstić information content (AvgIpc) is 2.29. The first-order chi connectivity index (χ1) is 7.36. The SMILES string of the molecule is O=C1CC[C]=NN1CCc1ccccc1. The Morgan fingerprint density at radius 1 is 1.33 bits per heavy atom. The van der Waals surface area contributed by atoms with E-state index in [9.17, 15) is 4.79 Å². The van der Waals surface area contributed by atoms with Crippen LogP contribution in [0.3, 0.4) is 0 Å². The molecule has 0 atom stereocenters. The van der Waals surface area contributed by atoms with Crippen molar-refractivity contribution in [1.82, 2.24) is 5.01 Å². The van der Waals surface area contributed by atoms with E-state index in [0.717, 1.165) is 6.42 Å². The summed E-state index contributed by atoms with van der Waals surface area (Å²) in [4.78, 5) is 11.4. The van der Waals surface area contributed by atoms with Crippen LogP contribution >= 0.6 is 0 Å². The van der Waals surface area contributed by atoms with Gasteiger partial charge in [0.15, 0.2) is 0 Å². The van der Waals surface area contributed by atoms with Crippen LogP contribution in [0, 0.1) is 0 Å². The molecule has 0 spiro atoms. The molecule has 15 heavy (non-hydrogen) atoms. The molecular formula is C12H13N2O. The normalized spacial score (nSPS) is 15.7. The van der Waals surface area contributed by atoms with Crippen molar-refractivity contribution >= 4 is 12.1 Å². The van der Waals surface area contributed by atoms with Gasteiger partial charge in [0.25, 0.3) is 0 Å². The van der Waals surface area contributed by atoms with Gasteiger partial charge in [-0.15, -0.1) is 0 Å². The lowest BCUT2D eigenvalue weighted by Gasteiger charge is -2.19. The second kappa shape index (κ2) is 4.73. The third-order valence-corrected chi connectivity index (χ3v) is 2.39. The maximum Gasteiger partial charge on any atom is 0.243 e. The predicted molar refractivity (Wildman–Crippen MR) is 58.5 cm³/mol. The highest BCUT2D eigenvalue weighted by Gasteiger charge is 2.14. The summed E-state index contributed by atoms with van der Waals surface area (Å²) in [5.41, 5.74) is 1.23. The van der Waals surface area contributed by atoms with Crippen LogP contribution < -0.4 is 0 Å². The number of carbonyl (C=O) groups is 1. The Morgan fingerprint density at radius 2 is 2.13 bits per heavy atom. The fourth-order valence-electron chi connectivity index (χ4n) is 1.54. The summed E-state index contributed by atoms with van der Waals surface area (Å²) in [5.74, 6) is 0.102. The van der Waals surface area contributed by atoms with Crippen LogP contribution in [0.4, 0.5) is 0 Å². The van der Waals surface area contributed by atoms with Gasteiger partial charge in [0, 0.05) is 19.4 Å².